The van der Waals surface area contributed by atoms with Crippen LogP contribution in [0.15, 0.2) is 84.9 Å². The molecule has 3 aromatic rings. The van der Waals surface area contributed by atoms with Crippen molar-refractivity contribution in [2.75, 3.05) is 13.3 Å². The lowest BCUT2D eigenvalue weighted by Crippen LogP contribution is -2.83. The Kier molecular flexibility index (Phi) is 7.05. The second-order valence-corrected chi connectivity index (χ2v) is 9.37. The first-order chi connectivity index (χ1) is 13.6. The predicted molar refractivity (Wildman–Crippen MR) is 113 cm³/mol. The predicted octanol–water partition coefficient (Wildman–Crippen LogP) is 3.97. The van der Waals surface area contributed by atoms with Crippen molar-refractivity contribution in [3.63, 3.8) is 0 Å². The van der Waals surface area contributed by atoms with Gasteiger partial charge in [0.05, 0.1) is 7.11 Å². The summed E-state index contributed by atoms with van der Waals surface area (Å²) in [7, 11) is -1.83. The van der Waals surface area contributed by atoms with Crippen LogP contribution >= 0.6 is 7.37 Å². The molecule has 5 heteroatoms. The molecule has 0 aliphatic heterocycles. The fourth-order valence-electron chi connectivity index (χ4n) is 3.27. The zero-order chi connectivity index (χ0) is 19.8. The average molecular weight is 396 g/mol. The molecule has 1 unspecified atom stereocenters. The second kappa shape index (κ2) is 9.70. The highest BCUT2D eigenvalue weighted by atomic mass is 31.2. The van der Waals surface area contributed by atoms with Gasteiger partial charge in [-0.25, -0.2) is 0 Å². The van der Waals surface area contributed by atoms with Crippen LogP contribution in [0.4, 0.5) is 0 Å². The van der Waals surface area contributed by atoms with Gasteiger partial charge in [-0.05, 0) is 36.2 Å². The fourth-order valence-corrected chi connectivity index (χ4v) is 5.20. The third-order valence-electron chi connectivity index (χ3n) is 4.88. The summed E-state index contributed by atoms with van der Waals surface area (Å²) in [6.07, 6.45) is 0.833. The van der Waals surface area contributed by atoms with Crippen molar-refractivity contribution in [3.05, 3.63) is 102 Å². The molecule has 3 rings (SSSR count). The molecule has 0 bridgehead atoms. The first-order valence-corrected chi connectivity index (χ1v) is 11.4. The Labute approximate surface area is 166 Å². The van der Waals surface area contributed by atoms with E-state index in [2.05, 4.69) is 0 Å². The van der Waals surface area contributed by atoms with Crippen LogP contribution in [0.5, 0.6) is 5.75 Å². The summed E-state index contributed by atoms with van der Waals surface area (Å²) < 4.78 is 18.6. The third-order valence-corrected chi connectivity index (χ3v) is 7.12. The number of aryl methyl sites for hydroxylation is 1. The van der Waals surface area contributed by atoms with Gasteiger partial charge in [0.1, 0.15) is 12.3 Å². The number of methoxy groups -OCH3 is 1. The molecule has 28 heavy (non-hydrogen) atoms. The van der Waals surface area contributed by atoms with Crippen LogP contribution in [0, 0.1) is 0 Å². The summed E-state index contributed by atoms with van der Waals surface area (Å²) in [5.41, 5.74) is 3.05. The molecule has 0 aliphatic rings. The minimum Gasteiger partial charge on any atom is -0.497 e. The highest BCUT2D eigenvalue weighted by Gasteiger charge is 2.35. The van der Waals surface area contributed by atoms with Crippen molar-refractivity contribution in [1.82, 2.24) is 0 Å². The minimum absolute atomic E-state index is 0.249. The van der Waals surface area contributed by atoms with Crippen molar-refractivity contribution in [3.8, 4) is 5.75 Å². The molecular weight excluding hydrogens is 369 g/mol. The number of benzene rings is 3. The van der Waals surface area contributed by atoms with E-state index in [4.69, 9.17) is 4.74 Å². The molecule has 0 heterocycles. The van der Waals surface area contributed by atoms with E-state index in [1.54, 1.807) is 7.11 Å². The van der Waals surface area contributed by atoms with Gasteiger partial charge in [0.2, 0.25) is 0 Å². The minimum atomic E-state index is -3.45. The van der Waals surface area contributed by atoms with Crippen LogP contribution in [-0.4, -0.2) is 18.2 Å². The molecule has 0 saturated heterocycles. The molecule has 0 spiro atoms. The summed E-state index contributed by atoms with van der Waals surface area (Å²) in [5, 5.41) is 1.98. The number of quaternary nitrogens is 1. The second-order valence-electron chi connectivity index (χ2n) is 6.86. The van der Waals surface area contributed by atoms with E-state index < -0.39 is 13.2 Å². The molecule has 4 nitrogen and oxygen atoms in total. The van der Waals surface area contributed by atoms with Crippen LogP contribution in [0.3, 0.4) is 0 Å². The third kappa shape index (κ3) is 5.56. The van der Waals surface area contributed by atoms with Crippen molar-refractivity contribution >= 4 is 7.37 Å². The van der Waals surface area contributed by atoms with Gasteiger partial charge in [0.15, 0.2) is 5.78 Å². The average Bonchev–Trinajstić information content (AvgIpc) is 2.74. The number of hydrogen-bond acceptors (Lipinski definition) is 2. The number of nitrogens with two attached hydrogens (primary N) is 1. The summed E-state index contributed by atoms with van der Waals surface area (Å²) >= 11 is 0. The maximum Gasteiger partial charge on any atom is 0.261 e. The maximum atomic E-state index is 13.4. The van der Waals surface area contributed by atoms with Gasteiger partial charge in [-0.1, -0.05) is 60.7 Å². The van der Waals surface area contributed by atoms with Crippen LogP contribution in [0.2, 0.25) is 0 Å². The largest absolute Gasteiger partial charge is 0.497 e. The monoisotopic (exact) mass is 396 g/mol. The van der Waals surface area contributed by atoms with E-state index in [9.17, 15) is 9.46 Å². The molecule has 0 amide bonds. The number of hydrogen-bond donors (Lipinski definition) is 2. The highest BCUT2D eigenvalue weighted by Crippen LogP contribution is 2.52. The number of rotatable bonds is 9. The lowest BCUT2D eigenvalue weighted by Gasteiger charge is -2.22. The van der Waals surface area contributed by atoms with Gasteiger partial charge in [0, 0.05) is 17.3 Å². The molecule has 2 atom stereocenters. The maximum absolute atomic E-state index is 13.4. The zero-order valence-electron chi connectivity index (χ0n) is 16.1. The molecule has 0 aliphatic carbocycles. The lowest BCUT2D eigenvalue weighted by atomic mass is 10.2. The van der Waals surface area contributed by atoms with Gasteiger partial charge in [-0.15, -0.1) is 0 Å². The zero-order valence-corrected chi connectivity index (χ0v) is 17.0. The fraction of sp³-hybridized carbons (Fsp3) is 0.217. The van der Waals surface area contributed by atoms with Crippen LogP contribution in [0.25, 0.3) is 0 Å². The molecule has 0 radical (unpaired) electrons. The van der Waals surface area contributed by atoms with Gasteiger partial charge < -0.3 is 14.9 Å². The Morgan fingerprint density at radius 3 is 2.04 bits per heavy atom. The molecule has 146 valence electrons. The van der Waals surface area contributed by atoms with E-state index in [1.807, 2.05) is 90.2 Å². The highest BCUT2D eigenvalue weighted by molar-refractivity contribution is 7.58. The summed E-state index contributed by atoms with van der Waals surface area (Å²) in [4.78, 5) is 11.0. The van der Waals surface area contributed by atoms with E-state index >= 15 is 0 Å². The Morgan fingerprint density at radius 2 is 1.46 bits per heavy atom. The summed E-state index contributed by atoms with van der Waals surface area (Å²) in [6.45, 7) is 0.646. The van der Waals surface area contributed by atoms with Gasteiger partial charge in [0.25, 0.3) is 7.37 Å². The Balaban J connectivity index is 1.79. The smallest absolute Gasteiger partial charge is 0.261 e. The lowest BCUT2D eigenvalue weighted by molar-refractivity contribution is -0.692. The van der Waals surface area contributed by atoms with Crippen molar-refractivity contribution in [2.45, 2.75) is 18.7 Å². The van der Waals surface area contributed by atoms with E-state index in [-0.39, 0.29) is 6.16 Å². The molecule has 3 aromatic carbocycles. The van der Waals surface area contributed by atoms with E-state index in [0.29, 0.717) is 13.0 Å². The number of ether oxygens (including phenoxy) is 1. The van der Waals surface area contributed by atoms with Crippen molar-refractivity contribution < 1.29 is 19.5 Å². The van der Waals surface area contributed by atoms with E-state index in [1.165, 1.54) is 0 Å². The quantitative estimate of drug-likeness (QED) is 0.538. The topological polar surface area (TPSA) is 63.1 Å². The molecular formula is C23H27NO3P+. The Morgan fingerprint density at radius 1 is 0.893 bits per heavy atom. The Hall–Kier alpha value is -2.39. The molecule has 0 saturated carbocycles. The first-order valence-electron chi connectivity index (χ1n) is 9.45. The van der Waals surface area contributed by atoms with Crippen molar-refractivity contribution in [2.24, 2.45) is 0 Å². The molecule has 3 N–H and O–H groups in total. The van der Waals surface area contributed by atoms with Crippen LogP contribution < -0.4 is 10.1 Å². The van der Waals surface area contributed by atoms with Gasteiger partial charge >= 0.3 is 0 Å². The molecule has 0 aromatic heterocycles. The van der Waals surface area contributed by atoms with Crippen molar-refractivity contribution in [1.29, 1.82) is 0 Å². The normalized spacial score (nSPS) is 14.2. The van der Waals surface area contributed by atoms with Gasteiger partial charge in [-0.3, -0.25) is 4.57 Å². The Bertz CT molecular complexity index is 898. The first kappa shape index (κ1) is 20.3. The van der Waals surface area contributed by atoms with E-state index in [0.717, 1.165) is 22.4 Å². The van der Waals surface area contributed by atoms with Crippen LogP contribution in [0.1, 0.15) is 22.5 Å². The standard InChI is InChI=1S/C23H26NO3P/c1-27-22-14-12-21(13-15-22)23(24-18-20-10-6-3-7-11-20)28(25,26)17-16-19-8-4-2-5-9-19/h2-15,23-24H,16-18H2,1H3,(H,25,26)/p+1/t23-/m0/s1. The summed E-state index contributed by atoms with van der Waals surface area (Å²) in [5.74, 6) is 0.227. The SMILES string of the molecule is COc1ccc([C@@H]([NH2+]Cc2ccccc2)P(=O)(O)CCc2ccccc2)cc1. The van der Waals surface area contributed by atoms with Crippen LogP contribution in [-0.2, 0) is 17.5 Å². The van der Waals surface area contributed by atoms with Gasteiger partial charge in [-0.2, -0.15) is 0 Å². The molecule has 0 fully saturated rings. The summed E-state index contributed by atoms with van der Waals surface area (Å²) in [6, 6.07) is 27.3.